The summed E-state index contributed by atoms with van der Waals surface area (Å²) in [5, 5.41) is 3.59. The minimum Gasteiger partial charge on any atom is -0.306 e. The van der Waals surface area contributed by atoms with Gasteiger partial charge in [0.2, 0.25) is 0 Å². The molecular weight excluding hydrogens is 250 g/mol. The molecule has 0 amide bonds. The molecular formula is C17H23NS. The lowest BCUT2D eigenvalue weighted by atomic mass is 9.95. The lowest BCUT2D eigenvalue weighted by Gasteiger charge is -2.18. The van der Waals surface area contributed by atoms with Crippen molar-refractivity contribution in [2.45, 2.75) is 39.2 Å². The Bertz CT molecular complexity index is 508. The first kappa shape index (κ1) is 14.3. The van der Waals surface area contributed by atoms with Crippen molar-refractivity contribution < 1.29 is 0 Å². The van der Waals surface area contributed by atoms with Gasteiger partial charge in [0.25, 0.3) is 0 Å². The standard InChI is InChI=1S/C17H23NS/c1-5-18-16(13-9-7-6-8-10-13)14-11-12-15(19-14)17(2,3)4/h6-12,16,18H,5H2,1-4H3. The maximum atomic E-state index is 3.59. The predicted octanol–water partition coefficient (Wildman–Crippen LogP) is 4.74. The van der Waals surface area contributed by atoms with Crippen molar-refractivity contribution in [1.29, 1.82) is 0 Å². The third kappa shape index (κ3) is 3.46. The van der Waals surface area contributed by atoms with E-state index in [0.717, 1.165) is 6.54 Å². The third-order valence-corrected chi connectivity index (χ3v) is 4.77. The highest BCUT2D eigenvalue weighted by molar-refractivity contribution is 7.12. The summed E-state index contributed by atoms with van der Waals surface area (Å²) in [5.41, 5.74) is 1.57. The summed E-state index contributed by atoms with van der Waals surface area (Å²) in [4.78, 5) is 2.85. The van der Waals surface area contributed by atoms with Gasteiger partial charge in [0.15, 0.2) is 0 Å². The van der Waals surface area contributed by atoms with Gasteiger partial charge in [0, 0.05) is 9.75 Å². The van der Waals surface area contributed by atoms with Crippen molar-refractivity contribution in [3.05, 3.63) is 57.8 Å². The molecule has 1 N–H and O–H groups in total. The fourth-order valence-electron chi connectivity index (χ4n) is 2.14. The fraction of sp³-hybridized carbons (Fsp3) is 0.412. The third-order valence-electron chi connectivity index (χ3n) is 3.19. The van der Waals surface area contributed by atoms with Gasteiger partial charge in [-0.2, -0.15) is 0 Å². The van der Waals surface area contributed by atoms with E-state index in [-0.39, 0.29) is 5.41 Å². The Hall–Kier alpha value is -1.12. The van der Waals surface area contributed by atoms with Crippen LogP contribution in [0.1, 0.15) is 49.1 Å². The van der Waals surface area contributed by atoms with Gasteiger partial charge in [0.1, 0.15) is 0 Å². The highest BCUT2D eigenvalue weighted by atomic mass is 32.1. The van der Waals surface area contributed by atoms with Gasteiger partial charge >= 0.3 is 0 Å². The van der Waals surface area contributed by atoms with E-state index < -0.39 is 0 Å². The predicted molar refractivity (Wildman–Crippen MR) is 85.0 cm³/mol. The van der Waals surface area contributed by atoms with Crippen molar-refractivity contribution in [3.8, 4) is 0 Å². The molecule has 0 aliphatic carbocycles. The van der Waals surface area contributed by atoms with Crippen LogP contribution in [-0.2, 0) is 5.41 Å². The van der Waals surface area contributed by atoms with Gasteiger partial charge in [-0.1, -0.05) is 58.0 Å². The van der Waals surface area contributed by atoms with Gasteiger partial charge in [-0.15, -0.1) is 11.3 Å². The van der Waals surface area contributed by atoms with Crippen LogP contribution in [0.15, 0.2) is 42.5 Å². The normalized spacial score (nSPS) is 13.5. The second-order valence-electron chi connectivity index (χ2n) is 5.85. The second-order valence-corrected chi connectivity index (χ2v) is 6.97. The summed E-state index contributed by atoms with van der Waals surface area (Å²) in [7, 11) is 0. The Morgan fingerprint density at radius 2 is 1.74 bits per heavy atom. The molecule has 2 heteroatoms. The van der Waals surface area contributed by atoms with E-state index in [4.69, 9.17) is 0 Å². The number of hydrogen-bond acceptors (Lipinski definition) is 2. The first-order valence-corrected chi connectivity index (χ1v) is 7.72. The number of benzene rings is 1. The highest BCUT2D eigenvalue weighted by Gasteiger charge is 2.20. The maximum absolute atomic E-state index is 3.59. The quantitative estimate of drug-likeness (QED) is 0.848. The molecule has 0 radical (unpaired) electrons. The smallest absolute Gasteiger partial charge is 0.0671 e. The number of rotatable bonds is 4. The lowest BCUT2D eigenvalue weighted by molar-refractivity contribution is 0.604. The molecule has 19 heavy (non-hydrogen) atoms. The van der Waals surface area contributed by atoms with Crippen LogP contribution in [-0.4, -0.2) is 6.54 Å². The Morgan fingerprint density at radius 1 is 1.05 bits per heavy atom. The van der Waals surface area contributed by atoms with Gasteiger partial charge in [-0.25, -0.2) is 0 Å². The van der Waals surface area contributed by atoms with E-state index in [0.29, 0.717) is 6.04 Å². The van der Waals surface area contributed by atoms with Crippen molar-refractivity contribution in [2.24, 2.45) is 0 Å². The van der Waals surface area contributed by atoms with Gasteiger partial charge in [-0.3, -0.25) is 0 Å². The Labute approximate surface area is 120 Å². The minimum absolute atomic E-state index is 0.233. The minimum atomic E-state index is 0.233. The average molecular weight is 273 g/mol. The molecule has 0 aliphatic heterocycles. The highest BCUT2D eigenvalue weighted by Crippen LogP contribution is 2.34. The molecule has 2 aromatic rings. The zero-order valence-electron chi connectivity index (χ0n) is 12.2. The molecule has 1 heterocycles. The summed E-state index contributed by atoms with van der Waals surface area (Å²) >= 11 is 1.92. The molecule has 2 rings (SSSR count). The van der Waals surface area contributed by atoms with E-state index in [1.807, 2.05) is 11.3 Å². The Morgan fingerprint density at radius 3 is 2.26 bits per heavy atom. The van der Waals surface area contributed by atoms with E-state index in [2.05, 4.69) is 75.5 Å². The molecule has 0 saturated heterocycles. The summed E-state index contributed by atoms with van der Waals surface area (Å²) in [6.45, 7) is 9.95. The molecule has 1 aromatic heterocycles. The van der Waals surface area contributed by atoms with Crippen LogP contribution >= 0.6 is 11.3 Å². The SMILES string of the molecule is CCNC(c1ccccc1)c1ccc(C(C)(C)C)s1. The van der Waals surface area contributed by atoms with E-state index >= 15 is 0 Å². The molecule has 1 aromatic carbocycles. The summed E-state index contributed by atoms with van der Waals surface area (Å²) in [6.07, 6.45) is 0. The Kier molecular flexibility index (Phi) is 4.43. The molecule has 1 atom stereocenters. The van der Waals surface area contributed by atoms with Crippen molar-refractivity contribution in [2.75, 3.05) is 6.54 Å². The van der Waals surface area contributed by atoms with E-state index in [1.54, 1.807) is 0 Å². The van der Waals surface area contributed by atoms with Crippen LogP contribution in [0.5, 0.6) is 0 Å². The second kappa shape index (κ2) is 5.89. The fourth-order valence-corrected chi connectivity index (χ4v) is 3.31. The van der Waals surface area contributed by atoms with Crippen molar-refractivity contribution in [3.63, 3.8) is 0 Å². The summed E-state index contributed by atoms with van der Waals surface area (Å²) < 4.78 is 0. The zero-order chi connectivity index (χ0) is 13.9. The van der Waals surface area contributed by atoms with Crippen molar-refractivity contribution in [1.82, 2.24) is 5.32 Å². The van der Waals surface area contributed by atoms with Crippen molar-refractivity contribution >= 4 is 11.3 Å². The lowest BCUT2D eigenvalue weighted by Crippen LogP contribution is -2.21. The van der Waals surface area contributed by atoms with Gasteiger partial charge < -0.3 is 5.32 Å². The van der Waals surface area contributed by atoms with Gasteiger partial charge in [-0.05, 0) is 29.7 Å². The van der Waals surface area contributed by atoms with Crippen LogP contribution in [0.2, 0.25) is 0 Å². The van der Waals surface area contributed by atoms with Gasteiger partial charge in [0.05, 0.1) is 6.04 Å². The molecule has 0 aliphatic rings. The largest absolute Gasteiger partial charge is 0.306 e. The number of thiophene rings is 1. The molecule has 1 nitrogen and oxygen atoms in total. The number of hydrogen-bond donors (Lipinski definition) is 1. The zero-order valence-corrected chi connectivity index (χ0v) is 13.1. The molecule has 1 unspecified atom stereocenters. The van der Waals surface area contributed by atoms with Crippen LogP contribution in [0.3, 0.4) is 0 Å². The van der Waals surface area contributed by atoms with Crippen LogP contribution < -0.4 is 5.32 Å². The van der Waals surface area contributed by atoms with Crippen LogP contribution in [0.4, 0.5) is 0 Å². The summed E-state index contributed by atoms with van der Waals surface area (Å²) in [5.74, 6) is 0. The summed E-state index contributed by atoms with van der Waals surface area (Å²) in [6, 6.07) is 15.5. The molecule has 0 bridgehead atoms. The average Bonchev–Trinajstić information content (AvgIpc) is 2.86. The van der Waals surface area contributed by atoms with E-state index in [1.165, 1.54) is 15.3 Å². The molecule has 0 spiro atoms. The maximum Gasteiger partial charge on any atom is 0.0671 e. The number of nitrogens with one attached hydrogen (secondary N) is 1. The topological polar surface area (TPSA) is 12.0 Å². The van der Waals surface area contributed by atoms with E-state index in [9.17, 15) is 0 Å². The van der Waals surface area contributed by atoms with Crippen LogP contribution in [0.25, 0.3) is 0 Å². The van der Waals surface area contributed by atoms with Crippen LogP contribution in [0, 0.1) is 0 Å². The monoisotopic (exact) mass is 273 g/mol. The molecule has 102 valence electrons. The molecule has 0 fully saturated rings. The first-order valence-electron chi connectivity index (χ1n) is 6.91. The molecule has 0 saturated carbocycles. The Balaban J connectivity index is 2.32. The first-order chi connectivity index (χ1) is 9.02.